The van der Waals surface area contributed by atoms with Gasteiger partial charge >= 0.3 is 0 Å². The van der Waals surface area contributed by atoms with Crippen LogP contribution in [-0.4, -0.2) is 31.3 Å². The fourth-order valence-corrected chi connectivity index (χ4v) is 4.12. The maximum absolute atomic E-state index is 12.7. The van der Waals surface area contributed by atoms with Crippen LogP contribution in [0.2, 0.25) is 0 Å². The number of carbonyl (C=O) groups excluding carboxylic acids is 2. The van der Waals surface area contributed by atoms with Gasteiger partial charge in [0.15, 0.2) is 17.6 Å². The smallest absolute Gasteiger partial charge is 0.251 e. The molecule has 5 heteroatoms. The fourth-order valence-electron chi connectivity index (χ4n) is 4.12. The second-order valence-electron chi connectivity index (χ2n) is 7.77. The Bertz CT molecular complexity index is 959. The molecule has 1 atom stereocenters. The van der Waals surface area contributed by atoms with Gasteiger partial charge in [0.1, 0.15) is 0 Å². The monoisotopic (exact) mass is 403 g/mol. The number of piperidine rings is 1. The Labute approximate surface area is 176 Å². The minimum absolute atomic E-state index is 0.0471. The minimum atomic E-state index is -0.137. The van der Waals surface area contributed by atoms with Gasteiger partial charge in [-0.2, -0.15) is 0 Å². The Morgan fingerprint density at radius 1 is 0.833 bits per heavy atom. The third-order valence-electron chi connectivity index (χ3n) is 5.79. The summed E-state index contributed by atoms with van der Waals surface area (Å²) in [6.07, 6.45) is 5.37. The average Bonchev–Trinajstić information content (AvgIpc) is 3.35. The number of quaternary nitrogens is 1. The van der Waals surface area contributed by atoms with E-state index in [2.05, 4.69) is 5.32 Å². The standard InChI is InChI=1S/C25H26N2O3/c28-24(19-8-3-1-4-9-19)20-11-13-21(14-12-20)25(29)26-18-22(23-10-7-17-30-23)27-15-5-2-6-16-27/h1,3-4,7-14,17,22H,2,5-6,15-16,18H2,(H,26,29)/p+1/t22-/m1/s1. The largest absolute Gasteiger partial charge is 0.463 e. The number of amides is 1. The minimum Gasteiger partial charge on any atom is -0.463 e. The van der Waals surface area contributed by atoms with Gasteiger partial charge in [-0.25, -0.2) is 0 Å². The van der Waals surface area contributed by atoms with E-state index in [0.717, 1.165) is 18.8 Å². The Morgan fingerprint density at radius 3 is 2.17 bits per heavy atom. The molecule has 0 saturated carbocycles. The molecule has 1 fully saturated rings. The van der Waals surface area contributed by atoms with Crippen LogP contribution in [0.5, 0.6) is 0 Å². The number of benzene rings is 2. The first-order valence-corrected chi connectivity index (χ1v) is 10.6. The highest BCUT2D eigenvalue weighted by Crippen LogP contribution is 2.13. The molecule has 30 heavy (non-hydrogen) atoms. The van der Waals surface area contributed by atoms with Crippen LogP contribution < -0.4 is 10.2 Å². The summed E-state index contributed by atoms with van der Waals surface area (Å²) in [5, 5.41) is 3.06. The van der Waals surface area contributed by atoms with Gasteiger partial charge < -0.3 is 14.6 Å². The Hall–Kier alpha value is -3.18. The topological polar surface area (TPSA) is 63.8 Å². The molecule has 2 aromatic carbocycles. The molecule has 1 amide bonds. The molecule has 1 aliphatic heterocycles. The molecule has 5 nitrogen and oxygen atoms in total. The Morgan fingerprint density at radius 2 is 1.50 bits per heavy atom. The molecular formula is C25H27N2O3+. The molecule has 3 aromatic rings. The van der Waals surface area contributed by atoms with E-state index in [4.69, 9.17) is 4.42 Å². The normalized spacial score (nSPS) is 15.5. The van der Waals surface area contributed by atoms with E-state index in [1.54, 1.807) is 42.7 Å². The molecule has 0 bridgehead atoms. The molecule has 0 radical (unpaired) electrons. The highest BCUT2D eigenvalue weighted by atomic mass is 16.3. The molecule has 0 unspecified atom stereocenters. The first-order chi connectivity index (χ1) is 14.7. The zero-order chi connectivity index (χ0) is 20.8. The van der Waals surface area contributed by atoms with E-state index in [0.29, 0.717) is 23.2 Å². The molecule has 1 saturated heterocycles. The van der Waals surface area contributed by atoms with E-state index < -0.39 is 0 Å². The lowest BCUT2D eigenvalue weighted by molar-refractivity contribution is -0.936. The second-order valence-corrected chi connectivity index (χ2v) is 7.77. The van der Waals surface area contributed by atoms with Gasteiger partial charge in [-0.3, -0.25) is 9.59 Å². The van der Waals surface area contributed by atoms with Crippen molar-refractivity contribution < 1.29 is 18.9 Å². The molecule has 154 valence electrons. The van der Waals surface area contributed by atoms with Gasteiger partial charge in [0.2, 0.25) is 0 Å². The zero-order valence-corrected chi connectivity index (χ0v) is 17.0. The lowest BCUT2D eigenvalue weighted by Crippen LogP contribution is -3.13. The SMILES string of the molecule is O=C(NC[C@H](c1ccco1)[NH+]1CCCCC1)c1ccc(C(=O)c2ccccc2)cc1. The first kappa shape index (κ1) is 20.1. The zero-order valence-electron chi connectivity index (χ0n) is 17.0. The number of carbonyl (C=O) groups is 2. The number of likely N-dealkylation sites (tertiary alicyclic amines) is 1. The maximum Gasteiger partial charge on any atom is 0.251 e. The lowest BCUT2D eigenvalue weighted by Gasteiger charge is -2.30. The molecule has 0 spiro atoms. The van der Waals surface area contributed by atoms with Crippen molar-refractivity contribution in [1.82, 2.24) is 5.32 Å². The summed E-state index contributed by atoms with van der Waals surface area (Å²) in [5.41, 5.74) is 1.76. The highest BCUT2D eigenvalue weighted by molar-refractivity contribution is 6.09. The van der Waals surface area contributed by atoms with Gasteiger partial charge in [-0.15, -0.1) is 0 Å². The molecular weight excluding hydrogens is 376 g/mol. The summed E-state index contributed by atoms with van der Waals surface area (Å²) in [4.78, 5) is 26.7. The number of hydrogen-bond donors (Lipinski definition) is 2. The quantitative estimate of drug-likeness (QED) is 0.596. The highest BCUT2D eigenvalue weighted by Gasteiger charge is 2.28. The van der Waals surface area contributed by atoms with Crippen LogP contribution in [0.25, 0.3) is 0 Å². The number of rotatable bonds is 7. The summed E-state index contributed by atoms with van der Waals surface area (Å²) in [6, 6.07) is 20.0. The third-order valence-corrected chi connectivity index (χ3v) is 5.79. The number of nitrogens with one attached hydrogen (secondary N) is 2. The Kier molecular flexibility index (Phi) is 6.40. The molecule has 4 rings (SSSR count). The maximum atomic E-state index is 12.7. The van der Waals surface area contributed by atoms with Crippen molar-refractivity contribution in [3.05, 3.63) is 95.4 Å². The van der Waals surface area contributed by atoms with Gasteiger partial charge in [-0.05, 0) is 43.5 Å². The van der Waals surface area contributed by atoms with E-state index in [1.807, 2.05) is 30.3 Å². The average molecular weight is 404 g/mol. The van der Waals surface area contributed by atoms with E-state index >= 15 is 0 Å². The van der Waals surface area contributed by atoms with Gasteiger partial charge in [-0.1, -0.05) is 42.5 Å². The van der Waals surface area contributed by atoms with Gasteiger partial charge in [0.05, 0.1) is 25.9 Å². The third kappa shape index (κ3) is 4.69. The fraction of sp³-hybridized carbons (Fsp3) is 0.280. The van der Waals surface area contributed by atoms with Crippen molar-refractivity contribution >= 4 is 11.7 Å². The van der Waals surface area contributed by atoms with Gasteiger partial charge in [0.25, 0.3) is 5.91 Å². The van der Waals surface area contributed by atoms with Crippen LogP contribution in [-0.2, 0) is 0 Å². The van der Waals surface area contributed by atoms with Crippen molar-refractivity contribution in [2.24, 2.45) is 0 Å². The first-order valence-electron chi connectivity index (χ1n) is 10.6. The van der Waals surface area contributed by atoms with Crippen molar-refractivity contribution in [3.8, 4) is 0 Å². The molecule has 1 aromatic heterocycles. The van der Waals surface area contributed by atoms with E-state index in [-0.39, 0.29) is 17.7 Å². The van der Waals surface area contributed by atoms with E-state index in [9.17, 15) is 9.59 Å². The van der Waals surface area contributed by atoms with Gasteiger partial charge in [0, 0.05) is 16.7 Å². The van der Waals surface area contributed by atoms with Crippen molar-refractivity contribution in [2.45, 2.75) is 25.3 Å². The van der Waals surface area contributed by atoms with Crippen LogP contribution in [0.4, 0.5) is 0 Å². The molecule has 0 aliphatic carbocycles. The summed E-state index contributed by atoms with van der Waals surface area (Å²) < 4.78 is 5.66. The van der Waals surface area contributed by atoms with E-state index in [1.165, 1.54) is 24.2 Å². The summed E-state index contributed by atoms with van der Waals surface area (Å²) in [5.74, 6) is 0.729. The molecule has 1 aliphatic rings. The van der Waals surface area contributed by atoms with Crippen molar-refractivity contribution in [2.75, 3.05) is 19.6 Å². The van der Waals surface area contributed by atoms with Crippen molar-refractivity contribution in [1.29, 1.82) is 0 Å². The number of hydrogen-bond acceptors (Lipinski definition) is 3. The number of furan rings is 1. The van der Waals surface area contributed by atoms with Crippen LogP contribution in [0.15, 0.2) is 77.4 Å². The second kappa shape index (κ2) is 9.55. The van der Waals surface area contributed by atoms with Crippen molar-refractivity contribution in [3.63, 3.8) is 0 Å². The number of ketones is 1. The summed E-state index contributed by atoms with van der Waals surface area (Å²) in [6.45, 7) is 2.71. The summed E-state index contributed by atoms with van der Waals surface area (Å²) >= 11 is 0. The van der Waals surface area contributed by atoms with Crippen LogP contribution in [0, 0.1) is 0 Å². The van der Waals surface area contributed by atoms with Crippen LogP contribution in [0.1, 0.15) is 57.3 Å². The Balaban J connectivity index is 1.41. The molecule has 2 heterocycles. The van der Waals surface area contributed by atoms with Crippen LogP contribution >= 0.6 is 0 Å². The summed E-state index contributed by atoms with van der Waals surface area (Å²) in [7, 11) is 0. The predicted molar refractivity (Wildman–Crippen MR) is 115 cm³/mol. The lowest BCUT2D eigenvalue weighted by atomic mass is 10.0. The molecule has 2 N–H and O–H groups in total. The van der Waals surface area contributed by atoms with Crippen LogP contribution in [0.3, 0.4) is 0 Å². The predicted octanol–water partition coefficient (Wildman–Crippen LogP) is 3.05.